The number of carbonyl (C=O) groups excluding carboxylic acids is 2. The average molecular weight is 344 g/mol. The lowest BCUT2D eigenvalue weighted by Gasteiger charge is -2.48. The van der Waals surface area contributed by atoms with Crippen LogP contribution in [0.15, 0.2) is 18.5 Å². The molecule has 0 bridgehead atoms. The highest BCUT2D eigenvalue weighted by atomic mass is 16.2. The first-order valence-electron chi connectivity index (χ1n) is 9.62. The van der Waals surface area contributed by atoms with Crippen molar-refractivity contribution in [1.82, 2.24) is 19.6 Å². The van der Waals surface area contributed by atoms with Crippen LogP contribution >= 0.6 is 0 Å². The highest BCUT2D eigenvalue weighted by Crippen LogP contribution is 2.43. The van der Waals surface area contributed by atoms with Gasteiger partial charge >= 0.3 is 0 Å². The lowest BCUT2D eigenvalue weighted by molar-refractivity contribution is -0.144. The lowest BCUT2D eigenvalue weighted by Crippen LogP contribution is -2.53. The summed E-state index contributed by atoms with van der Waals surface area (Å²) in [6.07, 6.45) is 9.76. The van der Waals surface area contributed by atoms with E-state index < -0.39 is 0 Å². The van der Waals surface area contributed by atoms with Crippen LogP contribution in [-0.4, -0.2) is 57.1 Å². The smallest absolute Gasteiger partial charge is 0.227 e. The minimum absolute atomic E-state index is 0.0511. The molecule has 25 heavy (non-hydrogen) atoms. The van der Waals surface area contributed by atoms with Gasteiger partial charge in [0.2, 0.25) is 11.8 Å². The molecule has 2 aliphatic heterocycles. The number of nitrogens with zero attached hydrogens (tertiary/aromatic N) is 4. The minimum atomic E-state index is -0.0511. The summed E-state index contributed by atoms with van der Waals surface area (Å²) in [6.45, 7) is 5.20. The molecule has 136 valence electrons. The zero-order chi connectivity index (χ0) is 17.4. The second-order valence-electron chi connectivity index (χ2n) is 8.21. The molecule has 0 radical (unpaired) electrons. The zero-order valence-corrected chi connectivity index (χ0v) is 15.1. The van der Waals surface area contributed by atoms with Gasteiger partial charge in [-0.2, -0.15) is 5.10 Å². The fourth-order valence-corrected chi connectivity index (χ4v) is 4.45. The second-order valence-corrected chi connectivity index (χ2v) is 8.21. The zero-order valence-electron chi connectivity index (χ0n) is 15.1. The van der Waals surface area contributed by atoms with Crippen LogP contribution in [0.1, 0.15) is 45.4 Å². The van der Waals surface area contributed by atoms with Crippen molar-refractivity contribution in [3.63, 3.8) is 0 Å². The first kappa shape index (κ1) is 16.6. The van der Waals surface area contributed by atoms with E-state index in [2.05, 4.69) is 10.00 Å². The second kappa shape index (κ2) is 6.46. The van der Waals surface area contributed by atoms with Crippen molar-refractivity contribution in [3.05, 3.63) is 18.5 Å². The molecule has 3 fully saturated rings. The Morgan fingerprint density at radius 2 is 2.08 bits per heavy atom. The summed E-state index contributed by atoms with van der Waals surface area (Å²) in [6, 6.07) is 2.40. The molecule has 1 atom stereocenters. The average Bonchev–Trinajstić information content (AvgIpc) is 3.34. The maximum Gasteiger partial charge on any atom is 0.227 e. The molecule has 2 amide bonds. The molecule has 2 saturated heterocycles. The van der Waals surface area contributed by atoms with Gasteiger partial charge in [-0.3, -0.25) is 14.3 Å². The number of rotatable bonds is 4. The van der Waals surface area contributed by atoms with Gasteiger partial charge in [0.1, 0.15) is 0 Å². The quantitative estimate of drug-likeness (QED) is 0.838. The molecule has 6 nitrogen and oxygen atoms in total. The summed E-state index contributed by atoms with van der Waals surface area (Å²) in [5.74, 6) is 0.528. The third-order valence-electron chi connectivity index (χ3n) is 6.26. The Bertz CT molecular complexity index is 630. The fraction of sp³-hybridized carbons (Fsp3) is 0.737. The number of aromatic nitrogens is 2. The van der Waals surface area contributed by atoms with Crippen LogP contribution in [0.25, 0.3) is 0 Å². The molecule has 1 spiro atoms. The van der Waals surface area contributed by atoms with Crippen LogP contribution in [-0.2, 0) is 16.1 Å². The number of hydrogen-bond donors (Lipinski definition) is 0. The van der Waals surface area contributed by atoms with E-state index in [1.807, 2.05) is 28.8 Å². The van der Waals surface area contributed by atoms with E-state index in [1.165, 1.54) is 12.8 Å². The lowest BCUT2D eigenvalue weighted by atomic mass is 9.72. The summed E-state index contributed by atoms with van der Waals surface area (Å²) in [5.41, 5.74) is 0.249. The Kier molecular flexibility index (Phi) is 4.29. The molecule has 1 aromatic heterocycles. The molecular formula is C19H28N4O2. The molecule has 1 aliphatic carbocycles. The Hall–Kier alpha value is -1.85. The van der Waals surface area contributed by atoms with E-state index in [0.717, 1.165) is 38.9 Å². The summed E-state index contributed by atoms with van der Waals surface area (Å²) < 4.78 is 1.83. The molecule has 3 heterocycles. The summed E-state index contributed by atoms with van der Waals surface area (Å²) in [7, 11) is 0. The van der Waals surface area contributed by atoms with Crippen molar-refractivity contribution >= 4 is 11.8 Å². The monoisotopic (exact) mass is 344 g/mol. The number of piperidine rings is 2. The van der Waals surface area contributed by atoms with Gasteiger partial charge in [-0.1, -0.05) is 6.92 Å². The van der Waals surface area contributed by atoms with E-state index in [9.17, 15) is 9.59 Å². The minimum Gasteiger partial charge on any atom is -0.342 e. The van der Waals surface area contributed by atoms with Gasteiger partial charge in [0, 0.05) is 44.5 Å². The number of hydrogen-bond acceptors (Lipinski definition) is 3. The molecule has 3 aliphatic rings. The first-order chi connectivity index (χ1) is 12.1. The summed E-state index contributed by atoms with van der Waals surface area (Å²) >= 11 is 0. The Balaban J connectivity index is 1.33. The Morgan fingerprint density at radius 3 is 2.72 bits per heavy atom. The highest BCUT2D eigenvalue weighted by molar-refractivity contribution is 5.79. The molecule has 0 N–H and O–H groups in total. The Morgan fingerprint density at radius 1 is 1.32 bits per heavy atom. The third kappa shape index (κ3) is 3.44. The summed E-state index contributed by atoms with van der Waals surface area (Å²) in [4.78, 5) is 29.1. The van der Waals surface area contributed by atoms with Crippen molar-refractivity contribution in [2.24, 2.45) is 11.3 Å². The van der Waals surface area contributed by atoms with E-state index in [0.29, 0.717) is 24.9 Å². The molecule has 1 saturated carbocycles. The van der Waals surface area contributed by atoms with E-state index >= 15 is 0 Å². The third-order valence-corrected chi connectivity index (χ3v) is 6.26. The van der Waals surface area contributed by atoms with Crippen molar-refractivity contribution < 1.29 is 9.59 Å². The standard InChI is InChI=1S/C19H28N4O2/c1-15(13-22-10-2-9-20-22)18(25)21-11-7-19(8-12-21)6-5-17(24)23(14-19)16-3-4-16/h2,9-10,15-16H,3-8,11-14H2,1H3/t15-/m1/s1. The Labute approximate surface area is 149 Å². The van der Waals surface area contributed by atoms with E-state index in [1.54, 1.807) is 6.20 Å². The molecule has 0 aromatic carbocycles. The molecular weight excluding hydrogens is 316 g/mol. The normalized spacial score (nSPS) is 24.6. The van der Waals surface area contributed by atoms with Crippen LogP contribution in [0.3, 0.4) is 0 Å². The predicted molar refractivity (Wildman–Crippen MR) is 93.6 cm³/mol. The van der Waals surface area contributed by atoms with E-state index in [4.69, 9.17) is 0 Å². The molecule has 6 heteroatoms. The maximum atomic E-state index is 12.8. The van der Waals surface area contributed by atoms with Gasteiger partial charge in [-0.15, -0.1) is 0 Å². The summed E-state index contributed by atoms with van der Waals surface area (Å²) in [5, 5.41) is 4.20. The topological polar surface area (TPSA) is 58.4 Å². The molecule has 0 unspecified atom stereocenters. The fourth-order valence-electron chi connectivity index (χ4n) is 4.45. The highest BCUT2D eigenvalue weighted by Gasteiger charge is 2.45. The van der Waals surface area contributed by atoms with E-state index in [-0.39, 0.29) is 17.2 Å². The number of carbonyl (C=O) groups is 2. The van der Waals surface area contributed by atoms with Gasteiger partial charge in [-0.25, -0.2) is 0 Å². The van der Waals surface area contributed by atoms with Crippen LogP contribution in [0.5, 0.6) is 0 Å². The first-order valence-corrected chi connectivity index (χ1v) is 9.62. The SMILES string of the molecule is C[C@H](Cn1cccn1)C(=O)N1CCC2(CCC(=O)N(C3CC3)C2)CC1. The van der Waals surface area contributed by atoms with Crippen LogP contribution < -0.4 is 0 Å². The van der Waals surface area contributed by atoms with Crippen molar-refractivity contribution in [2.75, 3.05) is 19.6 Å². The maximum absolute atomic E-state index is 12.8. The number of likely N-dealkylation sites (tertiary alicyclic amines) is 2. The van der Waals surface area contributed by atoms with Crippen molar-refractivity contribution in [2.45, 2.75) is 58.0 Å². The predicted octanol–water partition coefficient (Wildman–Crippen LogP) is 1.91. The van der Waals surface area contributed by atoms with Gasteiger partial charge in [0.05, 0.1) is 12.5 Å². The van der Waals surface area contributed by atoms with Crippen LogP contribution in [0.2, 0.25) is 0 Å². The van der Waals surface area contributed by atoms with Crippen LogP contribution in [0.4, 0.5) is 0 Å². The van der Waals surface area contributed by atoms with Crippen LogP contribution in [0, 0.1) is 11.3 Å². The van der Waals surface area contributed by atoms with Crippen molar-refractivity contribution in [3.8, 4) is 0 Å². The largest absolute Gasteiger partial charge is 0.342 e. The van der Waals surface area contributed by atoms with Gasteiger partial charge in [0.15, 0.2) is 0 Å². The number of amides is 2. The van der Waals surface area contributed by atoms with Crippen molar-refractivity contribution in [1.29, 1.82) is 0 Å². The van der Waals surface area contributed by atoms with Gasteiger partial charge in [-0.05, 0) is 43.6 Å². The molecule has 1 aromatic rings. The van der Waals surface area contributed by atoms with Gasteiger partial charge in [0.25, 0.3) is 0 Å². The molecule has 4 rings (SSSR count). The van der Waals surface area contributed by atoms with Gasteiger partial charge < -0.3 is 9.80 Å².